The Hall–Kier alpha value is -2.24. The standard InChI is InChI=1S/C21H23ClFN3O/c1-13(10-21(2,3)24)12-27-20-18(22)8-14(11-26-20)16-6-7-25-19-5-4-15(23)9-17(16)19/h4-9,11,13H,10,12,24H2,1-3H3/t13-/m0/s1. The highest BCUT2D eigenvalue weighted by Gasteiger charge is 2.17. The van der Waals surface area contributed by atoms with E-state index < -0.39 is 0 Å². The van der Waals surface area contributed by atoms with Gasteiger partial charge in [0.2, 0.25) is 5.88 Å². The van der Waals surface area contributed by atoms with Crippen LogP contribution in [0.3, 0.4) is 0 Å². The molecule has 0 aliphatic carbocycles. The van der Waals surface area contributed by atoms with Crippen LogP contribution in [0.4, 0.5) is 4.39 Å². The van der Waals surface area contributed by atoms with E-state index in [-0.39, 0.29) is 17.3 Å². The summed E-state index contributed by atoms with van der Waals surface area (Å²) in [6.45, 7) is 6.54. The number of nitrogens with zero attached hydrogens (tertiary/aromatic N) is 2. The molecule has 142 valence electrons. The zero-order valence-electron chi connectivity index (χ0n) is 15.7. The van der Waals surface area contributed by atoms with Gasteiger partial charge in [0.1, 0.15) is 10.8 Å². The molecule has 27 heavy (non-hydrogen) atoms. The molecule has 2 heterocycles. The molecule has 0 bridgehead atoms. The molecule has 3 aromatic rings. The van der Waals surface area contributed by atoms with Crippen LogP contribution in [0, 0.1) is 11.7 Å². The minimum Gasteiger partial charge on any atom is -0.476 e. The minimum atomic E-state index is -0.312. The van der Waals surface area contributed by atoms with Gasteiger partial charge in [0.15, 0.2) is 0 Å². The smallest absolute Gasteiger partial charge is 0.232 e. The summed E-state index contributed by atoms with van der Waals surface area (Å²) in [5.74, 6) is 0.342. The van der Waals surface area contributed by atoms with Crippen molar-refractivity contribution in [1.82, 2.24) is 9.97 Å². The van der Waals surface area contributed by atoms with Gasteiger partial charge in [0, 0.05) is 28.9 Å². The van der Waals surface area contributed by atoms with Gasteiger partial charge in [-0.05, 0) is 62.1 Å². The van der Waals surface area contributed by atoms with Crippen LogP contribution in [0.25, 0.3) is 22.0 Å². The molecule has 0 fully saturated rings. The van der Waals surface area contributed by atoms with Crippen molar-refractivity contribution in [1.29, 1.82) is 0 Å². The molecule has 0 aliphatic heterocycles. The Bertz CT molecular complexity index is 956. The molecule has 0 amide bonds. The lowest BCUT2D eigenvalue weighted by molar-refractivity contribution is 0.223. The summed E-state index contributed by atoms with van der Waals surface area (Å²) in [4.78, 5) is 8.62. The van der Waals surface area contributed by atoms with Crippen LogP contribution >= 0.6 is 11.6 Å². The van der Waals surface area contributed by atoms with Crippen molar-refractivity contribution in [3.8, 4) is 17.0 Å². The molecule has 4 nitrogen and oxygen atoms in total. The maximum Gasteiger partial charge on any atom is 0.232 e. The fourth-order valence-electron chi connectivity index (χ4n) is 3.23. The van der Waals surface area contributed by atoms with Gasteiger partial charge in [0.05, 0.1) is 12.1 Å². The van der Waals surface area contributed by atoms with Crippen molar-refractivity contribution in [3.05, 3.63) is 53.6 Å². The Kier molecular flexibility index (Phi) is 5.63. The lowest BCUT2D eigenvalue weighted by Gasteiger charge is -2.23. The molecular weight excluding hydrogens is 365 g/mol. The van der Waals surface area contributed by atoms with E-state index in [1.807, 2.05) is 19.9 Å². The van der Waals surface area contributed by atoms with Gasteiger partial charge in [-0.25, -0.2) is 9.37 Å². The van der Waals surface area contributed by atoms with Crippen molar-refractivity contribution in [2.24, 2.45) is 11.7 Å². The average Bonchev–Trinajstić information content (AvgIpc) is 2.58. The summed E-state index contributed by atoms with van der Waals surface area (Å²) in [7, 11) is 0. The van der Waals surface area contributed by atoms with Gasteiger partial charge in [-0.1, -0.05) is 18.5 Å². The molecule has 0 unspecified atom stereocenters. The molecule has 0 saturated carbocycles. The second-order valence-corrected chi connectivity index (χ2v) is 8.05. The second-order valence-electron chi connectivity index (χ2n) is 7.64. The maximum absolute atomic E-state index is 13.7. The van der Waals surface area contributed by atoms with Crippen LogP contribution in [0.1, 0.15) is 27.2 Å². The van der Waals surface area contributed by atoms with Gasteiger partial charge >= 0.3 is 0 Å². The number of halogens is 2. The molecular formula is C21H23ClFN3O. The van der Waals surface area contributed by atoms with Crippen LogP contribution in [0.5, 0.6) is 5.88 Å². The van der Waals surface area contributed by atoms with E-state index in [1.54, 1.807) is 24.5 Å². The quantitative estimate of drug-likeness (QED) is 0.629. The average molecular weight is 388 g/mol. The minimum absolute atomic E-state index is 0.248. The molecule has 0 spiro atoms. The van der Waals surface area contributed by atoms with Crippen LogP contribution in [0.15, 0.2) is 42.7 Å². The molecule has 0 saturated heterocycles. The Morgan fingerprint density at radius 2 is 2.00 bits per heavy atom. The van der Waals surface area contributed by atoms with Crippen LogP contribution in [0.2, 0.25) is 5.02 Å². The number of rotatable bonds is 6. The molecule has 1 aromatic carbocycles. The molecule has 2 aromatic heterocycles. The largest absolute Gasteiger partial charge is 0.476 e. The van der Waals surface area contributed by atoms with Crippen LogP contribution in [-0.4, -0.2) is 22.1 Å². The third kappa shape index (κ3) is 4.93. The SMILES string of the molecule is C[C@H](COc1ncc(-c2ccnc3ccc(F)cc23)cc1Cl)CC(C)(C)N. The first kappa shape index (κ1) is 19.5. The van der Waals surface area contributed by atoms with E-state index in [4.69, 9.17) is 22.1 Å². The molecule has 0 radical (unpaired) electrons. The number of pyridine rings is 2. The normalized spacial score (nSPS) is 13.0. The molecule has 1 atom stereocenters. The van der Waals surface area contributed by atoms with Crippen LogP contribution < -0.4 is 10.5 Å². The van der Waals surface area contributed by atoms with E-state index >= 15 is 0 Å². The van der Waals surface area contributed by atoms with E-state index in [9.17, 15) is 4.39 Å². The van der Waals surface area contributed by atoms with E-state index in [1.165, 1.54) is 12.1 Å². The predicted octanol–water partition coefficient (Wildman–Crippen LogP) is 5.23. The Labute approximate surface area is 163 Å². The number of fused-ring (bicyclic) bond motifs is 1. The van der Waals surface area contributed by atoms with Gasteiger partial charge in [-0.15, -0.1) is 0 Å². The summed E-state index contributed by atoms with van der Waals surface area (Å²) >= 11 is 6.38. The maximum atomic E-state index is 13.7. The van der Waals surface area contributed by atoms with Gasteiger partial charge < -0.3 is 10.5 Å². The zero-order valence-corrected chi connectivity index (χ0v) is 16.4. The number of ether oxygens (including phenoxy) is 1. The number of hydrogen-bond acceptors (Lipinski definition) is 4. The highest BCUT2D eigenvalue weighted by Crippen LogP contribution is 2.32. The molecule has 0 aliphatic rings. The highest BCUT2D eigenvalue weighted by atomic mass is 35.5. The summed E-state index contributed by atoms with van der Waals surface area (Å²) in [5.41, 5.74) is 8.11. The Balaban J connectivity index is 1.82. The number of nitrogens with two attached hydrogens (primary N) is 1. The van der Waals surface area contributed by atoms with E-state index in [0.29, 0.717) is 28.4 Å². The summed E-state index contributed by atoms with van der Waals surface area (Å²) in [6.07, 6.45) is 4.19. The first-order valence-electron chi connectivity index (χ1n) is 8.85. The molecule has 2 N–H and O–H groups in total. The predicted molar refractivity (Wildman–Crippen MR) is 107 cm³/mol. The van der Waals surface area contributed by atoms with E-state index in [2.05, 4.69) is 16.9 Å². The fraction of sp³-hybridized carbons (Fsp3) is 0.333. The third-order valence-corrected chi connectivity index (χ3v) is 4.47. The Morgan fingerprint density at radius 1 is 1.22 bits per heavy atom. The molecule has 3 rings (SSSR count). The van der Waals surface area contributed by atoms with Crippen LogP contribution in [-0.2, 0) is 0 Å². The van der Waals surface area contributed by atoms with Gasteiger partial charge in [-0.2, -0.15) is 0 Å². The summed E-state index contributed by atoms with van der Waals surface area (Å²) < 4.78 is 19.4. The fourth-order valence-corrected chi connectivity index (χ4v) is 3.45. The lowest BCUT2D eigenvalue weighted by atomic mass is 9.93. The molecule has 6 heteroatoms. The number of aromatic nitrogens is 2. The van der Waals surface area contributed by atoms with Crippen molar-refractivity contribution in [3.63, 3.8) is 0 Å². The van der Waals surface area contributed by atoms with Crippen molar-refractivity contribution in [2.45, 2.75) is 32.7 Å². The van der Waals surface area contributed by atoms with E-state index in [0.717, 1.165) is 17.5 Å². The lowest BCUT2D eigenvalue weighted by Crippen LogP contribution is -2.35. The van der Waals surface area contributed by atoms with Crippen molar-refractivity contribution in [2.75, 3.05) is 6.61 Å². The topological polar surface area (TPSA) is 61.0 Å². The first-order valence-corrected chi connectivity index (χ1v) is 9.22. The zero-order chi connectivity index (χ0) is 19.6. The number of hydrogen-bond donors (Lipinski definition) is 1. The monoisotopic (exact) mass is 387 g/mol. The van der Waals surface area contributed by atoms with Crippen molar-refractivity contribution < 1.29 is 9.13 Å². The third-order valence-electron chi connectivity index (χ3n) is 4.20. The Morgan fingerprint density at radius 3 is 2.70 bits per heavy atom. The van der Waals surface area contributed by atoms with Crippen molar-refractivity contribution >= 4 is 22.5 Å². The summed E-state index contributed by atoms with van der Waals surface area (Å²) in [6, 6.07) is 8.11. The highest BCUT2D eigenvalue weighted by molar-refractivity contribution is 6.32. The first-order chi connectivity index (χ1) is 12.7. The van der Waals surface area contributed by atoms with Gasteiger partial charge in [-0.3, -0.25) is 4.98 Å². The number of benzene rings is 1. The second kappa shape index (κ2) is 7.79. The van der Waals surface area contributed by atoms with Gasteiger partial charge in [0.25, 0.3) is 0 Å². The summed E-state index contributed by atoms with van der Waals surface area (Å²) in [5, 5.41) is 1.12.